The number of aryl methyl sites for hydroxylation is 1. The van der Waals surface area contributed by atoms with Crippen molar-refractivity contribution in [3.8, 4) is 35.3 Å². The number of fused-ring (bicyclic) bond motifs is 1. The first kappa shape index (κ1) is 24.7. The Hall–Kier alpha value is -5.02. The zero-order valence-corrected chi connectivity index (χ0v) is 21.4. The van der Waals surface area contributed by atoms with Crippen LogP contribution in [0.1, 0.15) is 42.5 Å². The van der Waals surface area contributed by atoms with Gasteiger partial charge in [-0.05, 0) is 72.9 Å². The van der Waals surface area contributed by atoms with E-state index in [2.05, 4.69) is 29.1 Å². The molecule has 0 spiro atoms. The van der Waals surface area contributed by atoms with E-state index in [1.807, 2.05) is 18.2 Å². The highest BCUT2D eigenvalue weighted by Gasteiger charge is 2.29. The Morgan fingerprint density at radius 3 is 2.37 bits per heavy atom. The second-order valence-electron chi connectivity index (χ2n) is 8.83. The lowest BCUT2D eigenvalue weighted by molar-refractivity contribution is 0.342. The van der Waals surface area contributed by atoms with Crippen molar-refractivity contribution in [3.05, 3.63) is 65.4 Å². The Labute approximate surface area is 220 Å². The van der Waals surface area contributed by atoms with E-state index >= 15 is 0 Å². The summed E-state index contributed by atoms with van der Waals surface area (Å²) in [7, 11) is 3.10. The summed E-state index contributed by atoms with van der Waals surface area (Å²) in [5, 5.41) is 21.3. The molecule has 2 heterocycles. The van der Waals surface area contributed by atoms with Crippen LogP contribution in [0.15, 0.2) is 48.7 Å². The Kier molecular flexibility index (Phi) is 6.84. The highest BCUT2D eigenvalue weighted by Crippen LogP contribution is 2.46. The van der Waals surface area contributed by atoms with E-state index in [4.69, 9.17) is 34.7 Å². The summed E-state index contributed by atoms with van der Waals surface area (Å²) in [6, 6.07) is 15.1. The van der Waals surface area contributed by atoms with Crippen molar-refractivity contribution in [2.75, 3.05) is 19.5 Å². The Morgan fingerprint density at radius 2 is 1.79 bits per heavy atom. The zero-order valence-electron chi connectivity index (χ0n) is 21.4. The lowest BCUT2D eigenvalue weighted by Gasteiger charge is -2.17. The van der Waals surface area contributed by atoms with Gasteiger partial charge in [-0.15, -0.1) is 0 Å². The molecule has 0 amide bonds. The molecule has 1 aliphatic carbocycles. The maximum Gasteiger partial charge on any atom is 0.249 e. The molecule has 1 aliphatic rings. The monoisotopic (exact) mass is 506 g/mol. The summed E-state index contributed by atoms with van der Waals surface area (Å²) in [6.45, 7) is 2.10. The lowest BCUT2D eigenvalue weighted by atomic mass is 10.1. The molecule has 1 saturated carbocycles. The van der Waals surface area contributed by atoms with Crippen LogP contribution >= 0.6 is 0 Å². The van der Waals surface area contributed by atoms with Gasteiger partial charge in [-0.2, -0.15) is 15.5 Å². The molecule has 0 bridgehead atoms. The van der Waals surface area contributed by atoms with Gasteiger partial charge in [0.25, 0.3) is 0 Å². The van der Waals surface area contributed by atoms with Crippen molar-refractivity contribution >= 4 is 28.7 Å². The van der Waals surface area contributed by atoms with Crippen LogP contribution in [0.3, 0.4) is 0 Å². The quantitative estimate of drug-likeness (QED) is 0.263. The van der Waals surface area contributed by atoms with Crippen LogP contribution in [0.4, 0.5) is 11.6 Å². The fourth-order valence-corrected chi connectivity index (χ4v) is 4.30. The summed E-state index contributed by atoms with van der Waals surface area (Å²) in [6.07, 6.45) is 8.17. The summed E-state index contributed by atoms with van der Waals surface area (Å²) in [5.41, 5.74) is 4.77. The number of anilines is 2. The molecule has 2 aromatic carbocycles. The second-order valence-corrected chi connectivity index (χ2v) is 8.83. The summed E-state index contributed by atoms with van der Waals surface area (Å²) < 4.78 is 20.0. The second kappa shape index (κ2) is 10.5. The van der Waals surface area contributed by atoms with Gasteiger partial charge in [0, 0.05) is 24.0 Å². The molecule has 0 saturated heterocycles. The van der Waals surface area contributed by atoms with E-state index in [-0.39, 0.29) is 0 Å². The maximum atomic E-state index is 9.12. The summed E-state index contributed by atoms with van der Waals surface area (Å²) >= 11 is 0. The molecule has 2 aromatic heterocycles. The molecule has 4 aromatic rings. The molecule has 1 fully saturated rings. The number of ether oxygens (including phenoxy) is 3. The standard InChI is InChI=1S/C29H26N6O3/c1-4-20-17-35(22-11-12-22)26-25(20)33-29(32-21-9-7-18(16-31)8-10-21)34-28(26)38-27-23(36-2)14-19(6-5-13-30)15-24(27)37-3/h5-10,14-15,17,22H,4,11-12H2,1-3H3,(H,32,33,34)/b6-5+. The van der Waals surface area contributed by atoms with Gasteiger partial charge in [0.15, 0.2) is 11.5 Å². The van der Waals surface area contributed by atoms with Crippen LogP contribution in [-0.4, -0.2) is 28.8 Å². The fraction of sp³-hybridized carbons (Fsp3) is 0.241. The van der Waals surface area contributed by atoms with Crippen LogP contribution in [0, 0.1) is 22.7 Å². The van der Waals surface area contributed by atoms with Crippen LogP contribution < -0.4 is 19.5 Å². The van der Waals surface area contributed by atoms with Crippen LogP contribution in [0.5, 0.6) is 23.1 Å². The average molecular weight is 507 g/mol. The molecule has 0 radical (unpaired) electrons. The van der Waals surface area contributed by atoms with Crippen LogP contribution in [0.25, 0.3) is 17.1 Å². The van der Waals surface area contributed by atoms with Gasteiger partial charge in [0.05, 0.1) is 31.9 Å². The number of benzene rings is 2. The van der Waals surface area contributed by atoms with E-state index in [0.717, 1.165) is 47.1 Å². The van der Waals surface area contributed by atoms with Crippen molar-refractivity contribution < 1.29 is 14.2 Å². The number of nitrogens with zero attached hydrogens (tertiary/aromatic N) is 5. The highest BCUT2D eigenvalue weighted by molar-refractivity contribution is 5.86. The third-order valence-electron chi connectivity index (χ3n) is 6.33. The molecule has 9 heteroatoms. The zero-order chi connectivity index (χ0) is 26.6. The van der Waals surface area contributed by atoms with Crippen molar-refractivity contribution in [2.45, 2.75) is 32.2 Å². The normalized spacial score (nSPS) is 12.8. The van der Waals surface area contributed by atoms with Gasteiger partial charge in [0.2, 0.25) is 17.6 Å². The average Bonchev–Trinajstić information content (AvgIpc) is 3.73. The van der Waals surface area contributed by atoms with Gasteiger partial charge in [-0.25, -0.2) is 4.98 Å². The molecule has 0 unspecified atom stereocenters. The molecule has 38 heavy (non-hydrogen) atoms. The predicted octanol–water partition coefficient (Wildman–Crippen LogP) is 6.29. The van der Waals surface area contributed by atoms with E-state index in [1.165, 1.54) is 6.08 Å². The van der Waals surface area contributed by atoms with Crippen LogP contribution in [0.2, 0.25) is 0 Å². The number of allylic oxidation sites excluding steroid dienone is 1. The molecule has 1 N–H and O–H groups in total. The number of nitriles is 2. The molecule has 9 nitrogen and oxygen atoms in total. The Morgan fingerprint density at radius 1 is 1.08 bits per heavy atom. The van der Waals surface area contributed by atoms with Crippen molar-refractivity contribution in [1.82, 2.24) is 14.5 Å². The van der Waals surface area contributed by atoms with Gasteiger partial charge < -0.3 is 24.1 Å². The number of hydrogen-bond acceptors (Lipinski definition) is 8. The van der Waals surface area contributed by atoms with E-state index in [1.54, 1.807) is 44.6 Å². The lowest BCUT2D eigenvalue weighted by Crippen LogP contribution is -2.04. The van der Waals surface area contributed by atoms with Crippen molar-refractivity contribution in [1.29, 1.82) is 10.5 Å². The number of aromatic nitrogens is 3. The highest BCUT2D eigenvalue weighted by atomic mass is 16.5. The van der Waals surface area contributed by atoms with Crippen LogP contribution in [-0.2, 0) is 6.42 Å². The maximum absolute atomic E-state index is 9.12. The largest absolute Gasteiger partial charge is 0.493 e. The number of nitrogens with one attached hydrogen (secondary N) is 1. The predicted molar refractivity (Wildman–Crippen MR) is 144 cm³/mol. The van der Waals surface area contributed by atoms with Gasteiger partial charge >= 0.3 is 0 Å². The minimum atomic E-state index is 0.368. The third kappa shape index (κ3) is 4.82. The van der Waals surface area contributed by atoms with E-state index < -0.39 is 0 Å². The first-order valence-corrected chi connectivity index (χ1v) is 12.3. The summed E-state index contributed by atoms with van der Waals surface area (Å²) in [5.74, 6) is 1.99. The molecule has 0 aliphatic heterocycles. The smallest absolute Gasteiger partial charge is 0.249 e. The van der Waals surface area contributed by atoms with E-state index in [9.17, 15) is 0 Å². The minimum absolute atomic E-state index is 0.368. The fourth-order valence-electron chi connectivity index (χ4n) is 4.30. The number of methoxy groups -OCH3 is 2. The van der Waals surface area contributed by atoms with E-state index in [0.29, 0.717) is 40.7 Å². The molecule has 5 rings (SSSR count). The first-order valence-electron chi connectivity index (χ1n) is 12.3. The molecular weight excluding hydrogens is 480 g/mol. The van der Waals surface area contributed by atoms with Crippen molar-refractivity contribution in [2.24, 2.45) is 0 Å². The van der Waals surface area contributed by atoms with Gasteiger partial charge in [0.1, 0.15) is 11.0 Å². The SMILES string of the molecule is CCc1cn(C2CC2)c2c(Oc3c(OC)cc(/C=C/C#N)cc3OC)nc(Nc3ccc(C#N)cc3)nc12. The molecular formula is C29H26N6O3. The minimum Gasteiger partial charge on any atom is -0.493 e. The van der Waals surface area contributed by atoms with Gasteiger partial charge in [-0.1, -0.05) is 6.92 Å². The topological polar surface area (TPSA) is 118 Å². The van der Waals surface area contributed by atoms with Crippen molar-refractivity contribution in [3.63, 3.8) is 0 Å². The molecule has 190 valence electrons. The molecule has 0 atom stereocenters. The Bertz CT molecular complexity index is 1580. The third-order valence-corrected chi connectivity index (χ3v) is 6.33. The first-order chi connectivity index (χ1) is 18.6. The summed E-state index contributed by atoms with van der Waals surface area (Å²) in [4.78, 5) is 9.64. The Balaban J connectivity index is 1.65. The van der Waals surface area contributed by atoms with Gasteiger partial charge in [-0.3, -0.25) is 0 Å². The number of hydrogen-bond donors (Lipinski definition) is 1. The number of rotatable bonds is 9.